The van der Waals surface area contributed by atoms with E-state index in [9.17, 15) is 9.18 Å². The quantitative estimate of drug-likeness (QED) is 0.802. The van der Waals surface area contributed by atoms with Crippen molar-refractivity contribution in [3.05, 3.63) is 35.3 Å². The summed E-state index contributed by atoms with van der Waals surface area (Å²) in [6.07, 6.45) is 1.19. The van der Waals surface area contributed by atoms with Gasteiger partial charge in [0.1, 0.15) is 5.82 Å². The molecule has 0 saturated heterocycles. The zero-order valence-corrected chi connectivity index (χ0v) is 12.8. The number of benzene rings is 1. The highest BCUT2D eigenvalue weighted by molar-refractivity contribution is 5.90. The van der Waals surface area contributed by atoms with Gasteiger partial charge in [-0.05, 0) is 57.7 Å². The van der Waals surface area contributed by atoms with Gasteiger partial charge in [0.15, 0.2) is 0 Å². The molecule has 0 fully saturated rings. The van der Waals surface area contributed by atoms with Crippen molar-refractivity contribution in [2.75, 3.05) is 27.2 Å². The average molecular weight is 291 g/mol. The van der Waals surface area contributed by atoms with E-state index in [4.69, 9.17) is 0 Å². The van der Waals surface area contributed by atoms with Gasteiger partial charge in [-0.15, -0.1) is 0 Å². The van der Waals surface area contributed by atoms with Crippen molar-refractivity contribution in [2.45, 2.75) is 19.8 Å². The number of fused-ring (bicyclic) bond motifs is 1. The second-order valence-electron chi connectivity index (χ2n) is 5.60. The van der Waals surface area contributed by atoms with Gasteiger partial charge in [-0.25, -0.2) is 4.39 Å². The molecule has 4 nitrogen and oxygen atoms in total. The van der Waals surface area contributed by atoms with Gasteiger partial charge in [0.2, 0.25) is 5.91 Å². The fraction of sp³-hybridized carbons (Fsp3) is 0.438. The number of H-pyrrole nitrogens is 1. The summed E-state index contributed by atoms with van der Waals surface area (Å²) < 4.78 is 13.4. The monoisotopic (exact) mass is 291 g/mol. The second kappa shape index (κ2) is 6.72. The molecule has 2 N–H and O–H groups in total. The first kappa shape index (κ1) is 15.5. The van der Waals surface area contributed by atoms with E-state index in [0.29, 0.717) is 6.54 Å². The van der Waals surface area contributed by atoms with Crippen molar-refractivity contribution in [3.8, 4) is 0 Å². The van der Waals surface area contributed by atoms with Gasteiger partial charge in [-0.2, -0.15) is 0 Å². The van der Waals surface area contributed by atoms with Crippen molar-refractivity contribution in [1.82, 2.24) is 15.2 Å². The molecule has 2 aromatic rings. The number of halogens is 1. The van der Waals surface area contributed by atoms with E-state index in [1.807, 2.05) is 21.0 Å². The lowest BCUT2D eigenvalue weighted by Gasteiger charge is -2.10. The molecule has 0 unspecified atom stereocenters. The van der Waals surface area contributed by atoms with Gasteiger partial charge >= 0.3 is 0 Å². The number of hydrogen-bond acceptors (Lipinski definition) is 2. The van der Waals surface area contributed by atoms with Gasteiger partial charge in [-0.3, -0.25) is 4.79 Å². The smallest absolute Gasteiger partial charge is 0.224 e. The molecule has 21 heavy (non-hydrogen) atoms. The molecule has 1 heterocycles. The van der Waals surface area contributed by atoms with Crippen LogP contribution in [-0.2, 0) is 11.2 Å². The Morgan fingerprint density at radius 2 is 2.14 bits per heavy atom. The third kappa shape index (κ3) is 4.04. The summed E-state index contributed by atoms with van der Waals surface area (Å²) in [6, 6.07) is 4.60. The maximum Gasteiger partial charge on any atom is 0.224 e. The summed E-state index contributed by atoms with van der Waals surface area (Å²) in [6.45, 7) is 3.51. The standard InChI is InChI=1S/C16H22FN3O/c1-11-13(10-16(21)18-7-4-8-20(2)3)14-9-12(17)5-6-15(14)19-11/h5-6,9,19H,4,7-8,10H2,1-3H3,(H,18,21). The molecule has 2 rings (SSSR count). The van der Waals surface area contributed by atoms with Crippen LogP contribution in [-0.4, -0.2) is 43.0 Å². The Bertz CT molecular complexity index is 634. The van der Waals surface area contributed by atoms with Crippen molar-refractivity contribution < 1.29 is 9.18 Å². The number of aryl methyl sites for hydroxylation is 1. The van der Waals surface area contributed by atoms with Crippen LogP contribution in [0.25, 0.3) is 10.9 Å². The molecule has 0 aliphatic rings. The van der Waals surface area contributed by atoms with Crippen molar-refractivity contribution in [3.63, 3.8) is 0 Å². The molecule has 0 aliphatic carbocycles. The Kier molecular flexibility index (Phi) is 4.96. The van der Waals surface area contributed by atoms with E-state index in [2.05, 4.69) is 15.2 Å². The van der Waals surface area contributed by atoms with Gasteiger partial charge in [0, 0.05) is 23.1 Å². The zero-order chi connectivity index (χ0) is 15.4. The predicted molar refractivity (Wildman–Crippen MR) is 82.9 cm³/mol. The second-order valence-corrected chi connectivity index (χ2v) is 5.60. The fourth-order valence-electron chi connectivity index (χ4n) is 2.43. The first-order chi connectivity index (χ1) is 9.97. The summed E-state index contributed by atoms with van der Waals surface area (Å²) in [5, 5.41) is 3.70. The summed E-state index contributed by atoms with van der Waals surface area (Å²) in [5.74, 6) is -0.309. The van der Waals surface area contributed by atoms with E-state index in [1.165, 1.54) is 12.1 Å². The summed E-state index contributed by atoms with van der Waals surface area (Å²) in [5.41, 5.74) is 2.65. The molecule has 0 bridgehead atoms. The third-order valence-electron chi connectivity index (χ3n) is 3.52. The number of hydrogen-bond donors (Lipinski definition) is 2. The molecule has 114 valence electrons. The molecule has 0 radical (unpaired) electrons. The van der Waals surface area contributed by atoms with Crippen molar-refractivity contribution in [1.29, 1.82) is 0 Å². The Balaban J connectivity index is 2.00. The average Bonchev–Trinajstić information content (AvgIpc) is 2.71. The maximum atomic E-state index is 13.4. The number of aromatic amines is 1. The number of nitrogens with zero attached hydrogens (tertiary/aromatic N) is 1. The largest absolute Gasteiger partial charge is 0.358 e. The maximum absolute atomic E-state index is 13.4. The summed E-state index contributed by atoms with van der Waals surface area (Å²) in [7, 11) is 4.01. The lowest BCUT2D eigenvalue weighted by molar-refractivity contribution is -0.120. The molecule has 0 aliphatic heterocycles. The first-order valence-electron chi connectivity index (χ1n) is 7.15. The Hall–Kier alpha value is -1.88. The highest BCUT2D eigenvalue weighted by Gasteiger charge is 2.12. The van der Waals surface area contributed by atoms with Crippen LogP contribution in [0.2, 0.25) is 0 Å². The zero-order valence-electron chi connectivity index (χ0n) is 12.8. The van der Waals surface area contributed by atoms with Crippen LogP contribution in [0.3, 0.4) is 0 Å². The summed E-state index contributed by atoms with van der Waals surface area (Å²) >= 11 is 0. The van der Waals surface area contributed by atoms with Crippen LogP contribution in [0.1, 0.15) is 17.7 Å². The minimum Gasteiger partial charge on any atom is -0.358 e. The molecular formula is C16H22FN3O. The van der Waals surface area contributed by atoms with E-state index in [1.54, 1.807) is 6.07 Å². The number of amides is 1. The first-order valence-corrected chi connectivity index (χ1v) is 7.15. The number of nitrogens with one attached hydrogen (secondary N) is 2. The normalized spacial score (nSPS) is 11.3. The molecule has 0 atom stereocenters. The van der Waals surface area contributed by atoms with Gasteiger partial charge in [0.25, 0.3) is 0 Å². The molecule has 1 aromatic carbocycles. The van der Waals surface area contributed by atoms with Crippen LogP contribution in [0.5, 0.6) is 0 Å². The van der Waals surface area contributed by atoms with E-state index in [-0.39, 0.29) is 18.1 Å². The highest BCUT2D eigenvalue weighted by Crippen LogP contribution is 2.23. The Morgan fingerprint density at radius 3 is 2.86 bits per heavy atom. The molecule has 5 heteroatoms. The number of carbonyl (C=O) groups is 1. The minimum absolute atomic E-state index is 0.0259. The van der Waals surface area contributed by atoms with Crippen LogP contribution in [0, 0.1) is 12.7 Å². The van der Waals surface area contributed by atoms with Gasteiger partial charge in [-0.1, -0.05) is 0 Å². The minimum atomic E-state index is -0.283. The molecular weight excluding hydrogens is 269 g/mol. The van der Waals surface area contributed by atoms with E-state index < -0.39 is 0 Å². The molecule has 0 spiro atoms. The Labute approximate surface area is 124 Å². The fourth-order valence-corrected chi connectivity index (χ4v) is 2.43. The number of rotatable bonds is 6. The molecule has 0 saturated carbocycles. The number of carbonyl (C=O) groups excluding carboxylic acids is 1. The van der Waals surface area contributed by atoms with Crippen LogP contribution in [0.4, 0.5) is 4.39 Å². The molecule has 1 amide bonds. The van der Waals surface area contributed by atoms with Crippen LogP contribution >= 0.6 is 0 Å². The SMILES string of the molecule is Cc1[nH]c2ccc(F)cc2c1CC(=O)NCCCN(C)C. The summed E-state index contributed by atoms with van der Waals surface area (Å²) in [4.78, 5) is 17.3. The van der Waals surface area contributed by atoms with E-state index in [0.717, 1.165) is 35.1 Å². The highest BCUT2D eigenvalue weighted by atomic mass is 19.1. The van der Waals surface area contributed by atoms with E-state index >= 15 is 0 Å². The molecule has 1 aromatic heterocycles. The van der Waals surface area contributed by atoms with Gasteiger partial charge in [0.05, 0.1) is 6.42 Å². The Morgan fingerprint density at radius 1 is 1.38 bits per heavy atom. The van der Waals surface area contributed by atoms with Gasteiger partial charge < -0.3 is 15.2 Å². The number of aromatic nitrogens is 1. The lowest BCUT2D eigenvalue weighted by Crippen LogP contribution is -2.28. The van der Waals surface area contributed by atoms with Crippen LogP contribution in [0.15, 0.2) is 18.2 Å². The predicted octanol–water partition coefficient (Wildman–Crippen LogP) is 2.23. The third-order valence-corrected chi connectivity index (χ3v) is 3.52. The van der Waals surface area contributed by atoms with Crippen molar-refractivity contribution >= 4 is 16.8 Å². The lowest BCUT2D eigenvalue weighted by atomic mass is 10.1. The van der Waals surface area contributed by atoms with Crippen LogP contribution < -0.4 is 5.32 Å². The van der Waals surface area contributed by atoms with Crippen molar-refractivity contribution in [2.24, 2.45) is 0 Å². The topological polar surface area (TPSA) is 48.1 Å².